The molecule has 1 unspecified atom stereocenters. The van der Waals surface area contributed by atoms with E-state index >= 15 is 0 Å². The SMILES string of the molecule is Cc1noc(C)c1COc1cccc(C(=O)N(C)C(C)c2cccc(S(N)(=O)=O)c2)c1. The van der Waals surface area contributed by atoms with Gasteiger partial charge in [-0.2, -0.15) is 0 Å². The van der Waals surface area contributed by atoms with Crippen molar-refractivity contribution in [2.24, 2.45) is 5.14 Å². The average molecular weight is 444 g/mol. The molecule has 9 heteroatoms. The molecule has 31 heavy (non-hydrogen) atoms. The van der Waals surface area contributed by atoms with Crippen molar-refractivity contribution in [3.63, 3.8) is 0 Å². The van der Waals surface area contributed by atoms with Crippen LogP contribution < -0.4 is 9.88 Å². The molecule has 3 aromatic rings. The summed E-state index contributed by atoms with van der Waals surface area (Å²) in [5.41, 5.74) is 2.75. The summed E-state index contributed by atoms with van der Waals surface area (Å²) in [6.45, 7) is 5.76. The highest BCUT2D eigenvalue weighted by atomic mass is 32.2. The minimum atomic E-state index is -3.82. The molecule has 0 spiro atoms. The molecule has 0 aliphatic carbocycles. The second kappa shape index (κ2) is 8.91. The predicted molar refractivity (Wildman–Crippen MR) is 115 cm³/mol. The van der Waals surface area contributed by atoms with Gasteiger partial charge in [-0.05, 0) is 56.7 Å². The monoisotopic (exact) mass is 443 g/mol. The Kier molecular flexibility index (Phi) is 6.47. The Balaban J connectivity index is 1.75. The first-order valence-electron chi connectivity index (χ1n) is 9.62. The highest BCUT2D eigenvalue weighted by Gasteiger charge is 2.21. The lowest BCUT2D eigenvalue weighted by Gasteiger charge is -2.26. The summed E-state index contributed by atoms with van der Waals surface area (Å²) >= 11 is 0. The van der Waals surface area contributed by atoms with Crippen molar-refractivity contribution >= 4 is 15.9 Å². The number of aryl methyl sites for hydroxylation is 2. The fraction of sp³-hybridized carbons (Fsp3) is 0.273. The van der Waals surface area contributed by atoms with Gasteiger partial charge in [0.15, 0.2) is 0 Å². The van der Waals surface area contributed by atoms with Crippen molar-refractivity contribution in [1.82, 2.24) is 10.1 Å². The number of carbonyl (C=O) groups excluding carboxylic acids is 1. The number of hydrogen-bond acceptors (Lipinski definition) is 6. The van der Waals surface area contributed by atoms with E-state index in [0.717, 1.165) is 11.3 Å². The second-order valence-electron chi connectivity index (χ2n) is 7.33. The number of primary sulfonamides is 1. The smallest absolute Gasteiger partial charge is 0.254 e. The molecule has 0 aliphatic rings. The Morgan fingerprint density at radius 2 is 1.90 bits per heavy atom. The van der Waals surface area contributed by atoms with Crippen molar-refractivity contribution in [3.8, 4) is 5.75 Å². The van der Waals surface area contributed by atoms with Gasteiger partial charge in [0.2, 0.25) is 10.0 Å². The number of hydrogen-bond donors (Lipinski definition) is 1. The number of nitrogens with two attached hydrogens (primary N) is 1. The molecule has 0 radical (unpaired) electrons. The van der Waals surface area contributed by atoms with Crippen molar-refractivity contribution in [2.45, 2.75) is 38.3 Å². The van der Waals surface area contributed by atoms with Crippen LogP contribution in [0.15, 0.2) is 57.9 Å². The number of aromatic nitrogens is 1. The van der Waals surface area contributed by atoms with Gasteiger partial charge in [0.25, 0.3) is 5.91 Å². The van der Waals surface area contributed by atoms with Crippen LogP contribution in [0.3, 0.4) is 0 Å². The maximum atomic E-state index is 13.0. The normalized spacial score (nSPS) is 12.4. The first kappa shape index (κ1) is 22.5. The second-order valence-corrected chi connectivity index (χ2v) is 8.89. The minimum absolute atomic E-state index is 0.00687. The zero-order valence-corrected chi connectivity index (χ0v) is 18.6. The van der Waals surface area contributed by atoms with E-state index in [-0.39, 0.29) is 23.5 Å². The molecule has 0 saturated carbocycles. The molecule has 1 aromatic heterocycles. The quantitative estimate of drug-likeness (QED) is 0.599. The molecule has 0 fully saturated rings. The lowest BCUT2D eigenvalue weighted by molar-refractivity contribution is 0.0742. The molecule has 0 bridgehead atoms. The van der Waals surface area contributed by atoms with Crippen LogP contribution in [0.2, 0.25) is 0 Å². The van der Waals surface area contributed by atoms with Crippen LogP contribution in [0.4, 0.5) is 0 Å². The molecule has 164 valence electrons. The third-order valence-electron chi connectivity index (χ3n) is 5.22. The topological polar surface area (TPSA) is 116 Å². The van der Waals surface area contributed by atoms with E-state index in [4.69, 9.17) is 14.4 Å². The van der Waals surface area contributed by atoms with Gasteiger partial charge in [-0.25, -0.2) is 13.6 Å². The molecule has 0 saturated heterocycles. The summed E-state index contributed by atoms with van der Waals surface area (Å²) in [5, 5.41) is 9.13. The number of benzene rings is 2. The van der Waals surface area contributed by atoms with Gasteiger partial charge >= 0.3 is 0 Å². The Morgan fingerprint density at radius 1 is 1.19 bits per heavy atom. The van der Waals surface area contributed by atoms with E-state index in [9.17, 15) is 13.2 Å². The van der Waals surface area contributed by atoms with E-state index in [1.807, 2.05) is 20.8 Å². The fourth-order valence-electron chi connectivity index (χ4n) is 3.14. The number of carbonyl (C=O) groups is 1. The average Bonchev–Trinajstić information content (AvgIpc) is 3.07. The highest BCUT2D eigenvalue weighted by Crippen LogP contribution is 2.24. The maximum absolute atomic E-state index is 13.0. The Bertz CT molecular complexity index is 1180. The molecular formula is C22H25N3O5S. The summed E-state index contributed by atoms with van der Waals surface area (Å²) in [6, 6.07) is 12.8. The van der Waals surface area contributed by atoms with E-state index in [1.165, 1.54) is 17.0 Å². The molecule has 1 heterocycles. The summed E-state index contributed by atoms with van der Waals surface area (Å²) in [6.07, 6.45) is 0. The van der Waals surface area contributed by atoms with Gasteiger partial charge in [-0.15, -0.1) is 0 Å². The largest absolute Gasteiger partial charge is 0.489 e. The maximum Gasteiger partial charge on any atom is 0.254 e. The lowest BCUT2D eigenvalue weighted by atomic mass is 10.1. The summed E-state index contributed by atoms with van der Waals surface area (Å²) in [7, 11) is -2.16. The highest BCUT2D eigenvalue weighted by molar-refractivity contribution is 7.89. The van der Waals surface area contributed by atoms with Crippen LogP contribution in [-0.4, -0.2) is 31.4 Å². The van der Waals surface area contributed by atoms with Gasteiger partial charge in [0.05, 0.1) is 22.2 Å². The molecule has 3 rings (SSSR count). The molecule has 2 N–H and O–H groups in total. The third kappa shape index (κ3) is 5.12. The molecule has 0 aliphatic heterocycles. The van der Waals surface area contributed by atoms with E-state index < -0.39 is 10.0 Å². The van der Waals surface area contributed by atoms with Crippen molar-refractivity contribution in [3.05, 3.63) is 76.7 Å². The molecular weight excluding hydrogens is 418 g/mol. The van der Waals surface area contributed by atoms with Crippen LogP contribution in [0.1, 0.15) is 45.9 Å². The lowest BCUT2D eigenvalue weighted by Crippen LogP contribution is -2.29. The van der Waals surface area contributed by atoms with Gasteiger partial charge in [-0.1, -0.05) is 23.4 Å². The van der Waals surface area contributed by atoms with Gasteiger partial charge in [0.1, 0.15) is 18.1 Å². The van der Waals surface area contributed by atoms with E-state index in [0.29, 0.717) is 22.6 Å². The van der Waals surface area contributed by atoms with E-state index in [2.05, 4.69) is 5.16 Å². The van der Waals surface area contributed by atoms with Crippen LogP contribution in [0.25, 0.3) is 0 Å². The fourth-order valence-corrected chi connectivity index (χ4v) is 3.71. The molecule has 1 amide bonds. The van der Waals surface area contributed by atoms with Crippen molar-refractivity contribution < 1.29 is 22.5 Å². The number of ether oxygens (including phenoxy) is 1. The van der Waals surface area contributed by atoms with E-state index in [1.54, 1.807) is 43.4 Å². The van der Waals surface area contributed by atoms with Crippen LogP contribution in [0, 0.1) is 13.8 Å². The summed E-state index contributed by atoms with van der Waals surface area (Å²) in [5.74, 6) is 1.01. The number of nitrogens with zero attached hydrogens (tertiary/aromatic N) is 2. The van der Waals surface area contributed by atoms with Crippen LogP contribution in [-0.2, 0) is 16.6 Å². The first-order chi connectivity index (χ1) is 14.6. The Hall–Kier alpha value is -3.17. The van der Waals surface area contributed by atoms with Crippen molar-refractivity contribution in [1.29, 1.82) is 0 Å². The zero-order valence-electron chi connectivity index (χ0n) is 17.8. The van der Waals surface area contributed by atoms with Gasteiger partial charge in [0, 0.05) is 12.6 Å². The molecule has 8 nitrogen and oxygen atoms in total. The summed E-state index contributed by atoms with van der Waals surface area (Å²) in [4.78, 5) is 14.6. The number of sulfonamides is 1. The molecule has 1 atom stereocenters. The van der Waals surface area contributed by atoms with Gasteiger partial charge in [-0.3, -0.25) is 4.79 Å². The minimum Gasteiger partial charge on any atom is -0.489 e. The first-order valence-corrected chi connectivity index (χ1v) is 11.2. The third-order valence-corrected chi connectivity index (χ3v) is 6.13. The predicted octanol–water partition coefficient (Wildman–Crippen LogP) is 3.35. The summed E-state index contributed by atoms with van der Waals surface area (Å²) < 4.78 is 34.2. The van der Waals surface area contributed by atoms with Crippen LogP contribution in [0.5, 0.6) is 5.75 Å². The molecule has 2 aromatic carbocycles. The Labute approximate surface area is 181 Å². The Morgan fingerprint density at radius 3 is 2.55 bits per heavy atom. The van der Waals surface area contributed by atoms with Gasteiger partial charge < -0.3 is 14.2 Å². The number of rotatable bonds is 7. The standard InChI is InChI=1S/C22H25N3O5S/c1-14-21(16(3)30-24-14)13-29-19-9-5-8-18(11-19)22(26)25(4)15(2)17-7-6-10-20(12-17)31(23,27)28/h5-12,15H,13H2,1-4H3,(H2,23,27,28). The number of amides is 1. The zero-order chi connectivity index (χ0) is 22.8. The van der Waals surface area contributed by atoms with Crippen LogP contribution >= 0.6 is 0 Å². The van der Waals surface area contributed by atoms with Crippen molar-refractivity contribution in [2.75, 3.05) is 7.05 Å².